The first kappa shape index (κ1) is 9.45. The summed E-state index contributed by atoms with van der Waals surface area (Å²) in [4.78, 5) is 8.86. The molecule has 0 saturated carbocycles. The third kappa shape index (κ3) is 3.07. The average Bonchev–Trinajstić information content (AvgIpc) is 2.19. The number of rotatable bonds is 4. The lowest BCUT2D eigenvalue weighted by atomic mass is 10.2. The fourth-order valence-electron chi connectivity index (χ4n) is 0.833. The Morgan fingerprint density at radius 3 is 2.92 bits per heavy atom. The number of hydrogen-bond donors (Lipinski definition) is 0. The zero-order chi connectivity index (χ0) is 9.52. The lowest BCUT2D eigenvalue weighted by Crippen LogP contribution is -1.96. The van der Waals surface area contributed by atoms with Gasteiger partial charge in [0.05, 0.1) is 5.71 Å². The largest absolute Gasteiger partial charge is 0.391 e. The highest BCUT2D eigenvalue weighted by molar-refractivity contribution is 5.98. The highest BCUT2D eigenvalue weighted by Crippen LogP contribution is 1.98. The standard InChI is InChI=1S/C10H12N2O/c1-3-8-13-12-9(2)10-4-6-11-7-5-10/h3-7H,1,8H2,2H3/b12-9+. The topological polar surface area (TPSA) is 34.5 Å². The van der Waals surface area contributed by atoms with Crippen LogP contribution in [0.3, 0.4) is 0 Å². The van der Waals surface area contributed by atoms with Crippen LogP contribution in [0, 0.1) is 0 Å². The number of hydrogen-bond acceptors (Lipinski definition) is 3. The van der Waals surface area contributed by atoms with E-state index in [1.807, 2.05) is 19.1 Å². The smallest absolute Gasteiger partial charge is 0.135 e. The first-order chi connectivity index (χ1) is 6.34. The second-order valence-electron chi connectivity index (χ2n) is 2.50. The van der Waals surface area contributed by atoms with Gasteiger partial charge in [0.25, 0.3) is 0 Å². The lowest BCUT2D eigenvalue weighted by Gasteiger charge is -1.98. The van der Waals surface area contributed by atoms with Crippen LogP contribution < -0.4 is 0 Å². The van der Waals surface area contributed by atoms with Gasteiger partial charge in [0.15, 0.2) is 0 Å². The maximum Gasteiger partial charge on any atom is 0.135 e. The van der Waals surface area contributed by atoms with E-state index in [1.165, 1.54) is 0 Å². The molecule has 0 saturated heterocycles. The predicted molar refractivity (Wildman–Crippen MR) is 52.6 cm³/mol. The monoisotopic (exact) mass is 176 g/mol. The quantitative estimate of drug-likeness (QED) is 0.304. The van der Waals surface area contributed by atoms with Crippen LogP contribution in [-0.4, -0.2) is 17.3 Å². The second-order valence-corrected chi connectivity index (χ2v) is 2.50. The normalized spacial score (nSPS) is 11.0. The summed E-state index contributed by atoms with van der Waals surface area (Å²) in [6.07, 6.45) is 5.10. The molecule has 3 nitrogen and oxygen atoms in total. The molecule has 68 valence electrons. The third-order valence-corrected chi connectivity index (χ3v) is 1.49. The Labute approximate surface area is 77.7 Å². The van der Waals surface area contributed by atoms with E-state index in [2.05, 4.69) is 16.7 Å². The SMILES string of the molecule is C=CCO/N=C(\C)c1ccncc1. The lowest BCUT2D eigenvalue weighted by molar-refractivity contribution is 0.175. The molecule has 0 radical (unpaired) electrons. The van der Waals surface area contributed by atoms with E-state index in [0.29, 0.717) is 6.61 Å². The molecule has 1 aromatic rings. The van der Waals surface area contributed by atoms with E-state index in [1.54, 1.807) is 18.5 Å². The summed E-state index contributed by atoms with van der Waals surface area (Å²) in [6.45, 7) is 5.85. The zero-order valence-corrected chi connectivity index (χ0v) is 7.60. The Balaban J connectivity index is 2.62. The van der Waals surface area contributed by atoms with E-state index in [9.17, 15) is 0 Å². The molecule has 0 aromatic carbocycles. The van der Waals surface area contributed by atoms with Gasteiger partial charge in [-0.3, -0.25) is 4.98 Å². The van der Waals surface area contributed by atoms with Gasteiger partial charge in [0.2, 0.25) is 0 Å². The maximum absolute atomic E-state index is 4.95. The van der Waals surface area contributed by atoms with Gasteiger partial charge in [-0.05, 0) is 19.1 Å². The summed E-state index contributed by atoms with van der Waals surface area (Å²) in [5, 5.41) is 3.90. The molecule has 0 bridgehead atoms. The van der Waals surface area contributed by atoms with Gasteiger partial charge in [-0.15, -0.1) is 0 Å². The summed E-state index contributed by atoms with van der Waals surface area (Å²) in [5.41, 5.74) is 1.85. The maximum atomic E-state index is 4.95. The molecular formula is C10H12N2O. The molecule has 0 N–H and O–H groups in total. The van der Waals surface area contributed by atoms with E-state index >= 15 is 0 Å². The minimum atomic E-state index is 0.433. The van der Waals surface area contributed by atoms with Crippen molar-refractivity contribution in [2.75, 3.05) is 6.61 Å². The first-order valence-electron chi connectivity index (χ1n) is 4.02. The van der Waals surface area contributed by atoms with Gasteiger partial charge in [0.1, 0.15) is 6.61 Å². The highest BCUT2D eigenvalue weighted by atomic mass is 16.6. The van der Waals surface area contributed by atoms with E-state index < -0.39 is 0 Å². The molecule has 0 aliphatic carbocycles. The molecule has 0 atom stereocenters. The van der Waals surface area contributed by atoms with Gasteiger partial charge in [-0.2, -0.15) is 0 Å². The summed E-state index contributed by atoms with van der Waals surface area (Å²) >= 11 is 0. The molecule has 0 amide bonds. The van der Waals surface area contributed by atoms with Crippen molar-refractivity contribution in [3.05, 3.63) is 42.7 Å². The Morgan fingerprint density at radius 2 is 2.31 bits per heavy atom. The Bertz CT molecular complexity index is 293. The summed E-state index contributed by atoms with van der Waals surface area (Å²) < 4.78 is 0. The number of pyridine rings is 1. The minimum Gasteiger partial charge on any atom is -0.391 e. The average molecular weight is 176 g/mol. The molecule has 0 spiro atoms. The fourth-order valence-corrected chi connectivity index (χ4v) is 0.833. The van der Waals surface area contributed by atoms with Crippen LogP contribution in [0.25, 0.3) is 0 Å². The molecule has 1 heterocycles. The van der Waals surface area contributed by atoms with E-state index in [-0.39, 0.29) is 0 Å². The molecule has 0 aliphatic heterocycles. The molecular weight excluding hydrogens is 164 g/mol. The third-order valence-electron chi connectivity index (χ3n) is 1.49. The van der Waals surface area contributed by atoms with Crippen molar-refractivity contribution in [2.45, 2.75) is 6.92 Å². The van der Waals surface area contributed by atoms with Crippen molar-refractivity contribution in [1.29, 1.82) is 0 Å². The zero-order valence-electron chi connectivity index (χ0n) is 7.60. The van der Waals surface area contributed by atoms with Crippen LogP contribution in [-0.2, 0) is 4.84 Å². The van der Waals surface area contributed by atoms with Crippen LogP contribution in [0.2, 0.25) is 0 Å². The molecule has 13 heavy (non-hydrogen) atoms. The fraction of sp³-hybridized carbons (Fsp3) is 0.200. The van der Waals surface area contributed by atoms with Crippen LogP contribution in [0.5, 0.6) is 0 Å². The van der Waals surface area contributed by atoms with Crippen molar-refractivity contribution in [3.63, 3.8) is 0 Å². The molecule has 1 rings (SSSR count). The molecule has 3 heteroatoms. The highest BCUT2D eigenvalue weighted by Gasteiger charge is 1.94. The minimum absolute atomic E-state index is 0.433. The number of nitrogens with zero attached hydrogens (tertiary/aromatic N) is 2. The van der Waals surface area contributed by atoms with E-state index in [4.69, 9.17) is 4.84 Å². The summed E-state index contributed by atoms with van der Waals surface area (Å²) in [6, 6.07) is 3.77. The molecule has 0 aliphatic rings. The van der Waals surface area contributed by atoms with Gasteiger partial charge >= 0.3 is 0 Å². The van der Waals surface area contributed by atoms with E-state index in [0.717, 1.165) is 11.3 Å². The van der Waals surface area contributed by atoms with Crippen LogP contribution >= 0.6 is 0 Å². The van der Waals surface area contributed by atoms with Crippen molar-refractivity contribution in [1.82, 2.24) is 4.98 Å². The van der Waals surface area contributed by atoms with Gasteiger partial charge in [-0.25, -0.2) is 0 Å². The van der Waals surface area contributed by atoms with Gasteiger partial charge in [-0.1, -0.05) is 17.8 Å². The van der Waals surface area contributed by atoms with Crippen LogP contribution in [0.15, 0.2) is 42.3 Å². The summed E-state index contributed by atoms with van der Waals surface area (Å²) in [7, 11) is 0. The van der Waals surface area contributed by atoms with Gasteiger partial charge < -0.3 is 4.84 Å². The Kier molecular flexibility index (Phi) is 3.70. The number of aromatic nitrogens is 1. The van der Waals surface area contributed by atoms with Crippen LogP contribution in [0.4, 0.5) is 0 Å². The second kappa shape index (κ2) is 5.09. The Morgan fingerprint density at radius 1 is 1.62 bits per heavy atom. The predicted octanol–water partition coefficient (Wildman–Crippen LogP) is 2.01. The van der Waals surface area contributed by atoms with Crippen molar-refractivity contribution in [3.8, 4) is 0 Å². The van der Waals surface area contributed by atoms with Crippen molar-refractivity contribution in [2.24, 2.45) is 5.16 Å². The van der Waals surface area contributed by atoms with Crippen LogP contribution in [0.1, 0.15) is 12.5 Å². The first-order valence-corrected chi connectivity index (χ1v) is 4.02. The molecule has 1 aromatic heterocycles. The van der Waals surface area contributed by atoms with Gasteiger partial charge in [0, 0.05) is 18.0 Å². The molecule has 0 fully saturated rings. The number of oxime groups is 1. The van der Waals surface area contributed by atoms with Crippen molar-refractivity contribution >= 4 is 5.71 Å². The molecule has 0 unspecified atom stereocenters. The van der Waals surface area contributed by atoms with Crippen molar-refractivity contribution < 1.29 is 4.84 Å². The summed E-state index contributed by atoms with van der Waals surface area (Å²) in [5.74, 6) is 0. The Hall–Kier alpha value is -1.64.